The summed E-state index contributed by atoms with van der Waals surface area (Å²) in [5.74, 6) is 0.902. The van der Waals surface area contributed by atoms with Gasteiger partial charge in [0.05, 0.1) is 7.11 Å². The Morgan fingerprint density at radius 3 is 2.33 bits per heavy atom. The lowest BCUT2D eigenvalue weighted by Crippen LogP contribution is -1.96. The molecular formula is C19H30O2. The predicted octanol–water partition coefficient (Wildman–Crippen LogP) is 5.48. The van der Waals surface area contributed by atoms with Gasteiger partial charge in [-0.3, -0.25) is 0 Å². The highest BCUT2D eigenvalue weighted by Crippen LogP contribution is 2.12. The van der Waals surface area contributed by atoms with E-state index in [1.165, 1.54) is 37.7 Å². The van der Waals surface area contributed by atoms with Gasteiger partial charge >= 0.3 is 0 Å². The maximum atomic E-state index is 5.65. The van der Waals surface area contributed by atoms with E-state index in [4.69, 9.17) is 9.47 Å². The van der Waals surface area contributed by atoms with Crippen LogP contribution >= 0.6 is 0 Å². The quantitative estimate of drug-likeness (QED) is 0.475. The molecule has 0 spiro atoms. The number of allylic oxidation sites excluding steroid dienone is 1. The van der Waals surface area contributed by atoms with Gasteiger partial charge in [-0.2, -0.15) is 0 Å². The molecule has 0 aromatic heterocycles. The van der Waals surface area contributed by atoms with Crippen molar-refractivity contribution in [1.82, 2.24) is 0 Å². The van der Waals surface area contributed by atoms with Crippen LogP contribution in [0.25, 0.3) is 6.08 Å². The van der Waals surface area contributed by atoms with E-state index in [-0.39, 0.29) is 0 Å². The van der Waals surface area contributed by atoms with E-state index in [2.05, 4.69) is 31.2 Å². The Morgan fingerprint density at radius 1 is 0.905 bits per heavy atom. The van der Waals surface area contributed by atoms with E-state index in [0.717, 1.165) is 31.8 Å². The van der Waals surface area contributed by atoms with Crippen molar-refractivity contribution in [2.45, 2.75) is 51.9 Å². The molecule has 1 aromatic carbocycles. The van der Waals surface area contributed by atoms with Crippen LogP contribution in [-0.4, -0.2) is 20.3 Å². The number of rotatable bonds is 12. The molecule has 0 unspecified atom stereocenters. The zero-order valence-electron chi connectivity index (χ0n) is 13.6. The highest BCUT2D eigenvalue weighted by atomic mass is 16.5. The van der Waals surface area contributed by atoms with Gasteiger partial charge in [0.1, 0.15) is 5.75 Å². The first-order valence-electron chi connectivity index (χ1n) is 8.25. The molecular weight excluding hydrogens is 260 g/mol. The van der Waals surface area contributed by atoms with E-state index in [0.29, 0.717) is 0 Å². The van der Waals surface area contributed by atoms with E-state index in [1.54, 1.807) is 7.11 Å². The van der Waals surface area contributed by atoms with Crippen molar-refractivity contribution >= 4 is 6.08 Å². The maximum Gasteiger partial charge on any atom is 0.118 e. The molecule has 0 amide bonds. The van der Waals surface area contributed by atoms with Crippen molar-refractivity contribution < 1.29 is 9.47 Å². The molecule has 0 bridgehead atoms. The number of hydrogen-bond acceptors (Lipinski definition) is 2. The Kier molecular flexibility index (Phi) is 10.5. The molecule has 0 aliphatic carbocycles. The van der Waals surface area contributed by atoms with Crippen LogP contribution in [0.4, 0.5) is 0 Å². The summed E-state index contributed by atoms with van der Waals surface area (Å²) in [5, 5.41) is 0. The number of methoxy groups -OCH3 is 1. The number of unbranched alkanes of at least 4 members (excludes halogenated alkanes) is 5. The van der Waals surface area contributed by atoms with E-state index >= 15 is 0 Å². The summed E-state index contributed by atoms with van der Waals surface area (Å²) in [7, 11) is 1.69. The second-order valence-electron chi connectivity index (χ2n) is 5.34. The number of benzene rings is 1. The van der Waals surface area contributed by atoms with Crippen LogP contribution in [0.2, 0.25) is 0 Å². The third kappa shape index (κ3) is 9.30. The van der Waals surface area contributed by atoms with Gasteiger partial charge in [0.15, 0.2) is 0 Å². The van der Waals surface area contributed by atoms with Crippen LogP contribution < -0.4 is 4.74 Å². The molecule has 0 radical (unpaired) electrons. The lowest BCUT2D eigenvalue weighted by Gasteiger charge is -2.03. The molecule has 118 valence electrons. The molecule has 1 aromatic rings. The smallest absolute Gasteiger partial charge is 0.118 e. The van der Waals surface area contributed by atoms with Crippen LogP contribution in [0.1, 0.15) is 57.4 Å². The molecule has 0 saturated heterocycles. The summed E-state index contributed by atoms with van der Waals surface area (Å²) in [6.45, 7) is 4.04. The molecule has 0 aliphatic heterocycles. The Morgan fingerprint density at radius 2 is 1.62 bits per heavy atom. The molecule has 2 heteroatoms. The van der Waals surface area contributed by atoms with Crippen molar-refractivity contribution in [3.63, 3.8) is 0 Å². The van der Waals surface area contributed by atoms with E-state index in [9.17, 15) is 0 Å². The topological polar surface area (TPSA) is 18.5 Å². The highest BCUT2D eigenvalue weighted by molar-refractivity contribution is 5.50. The maximum absolute atomic E-state index is 5.65. The Bertz CT molecular complexity index is 368. The first-order chi connectivity index (χ1) is 10.4. The van der Waals surface area contributed by atoms with Crippen LogP contribution in [0, 0.1) is 0 Å². The molecule has 1 rings (SSSR count). The predicted molar refractivity (Wildman–Crippen MR) is 90.8 cm³/mol. The van der Waals surface area contributed by atoms with Crippen LogP contribution in [-0.2, 0) is 4.74 Å². The van der Waals surface area contributed by atoms with E-state index < -0.39 is 0 Å². The summed E-state index contributed by atoms with van der Waals surface area (Å²) in [5.41, 5.74) is 1.22. The Balaban J connectivity index is 1.97. The Labute approximate surface area is 130 Å². The number of hydrogen-bond donors (Lipinski definition) is 0. The van der Waals surface area contributed by atoms with Gasteiger partial charge in [0.25, 0.3) is 0 Å². The minimum Gasteiger partial charge on any atom is -0.497 e. The Hall–Kier alpha value is -1.28. The SMILES string of the molecule is CCCCCCCOCCCC=Cc1ccc(OC)cc1. The van der Waals surface area contributed by atoms with Gasteiger partial charge in [-0.05, 0) is 37.0 Å². The summed E-state index contributed by atoms with van der Waals surface area (Å²) in [4.78, 5) is 0. The van der Waals surface area contributed by atoms with Crippen molar-refractivity contribution in [1.29, 1.82) is 0 Å². The molecule has 0 saturated carbocycles. The van der Waals surface area contributed by atoms with Gasteiger partial charge in [-0.15, -0.1) is 0 Å². The van der Waals surface area contributed by atoms with Gasteiger partial charge in [0.2, 0.25) is 0 Å². The second kappa shape index (κ2) is 12.5. The average Bonchev–Trinajstić information content (AvgIpc) is 2.53. The molecule has 0 aliphatic rings. The third-order valence-corrected chi connectivity index (χ3v) is 3.48. The molecule has 21 heavy (non-hydrogen) atoms. The fourth-order valence-corrected chi connectivity index (χ4v) is 2.15. The third-order valence-electron chi connectivity index (χ3n) is 3.48. The molecule has 0 atom stereocenters. The fraction of sp³-hybridized carbons (Fsp3) is 0.579. The standard InChI is InChI=1S/C19H30O2/c1-3-4-5-6-9-16-21-17-10-7-8-11-18-12-14-19(20-2)15-13-18/h8,11-15H,3-7,9-10,16-17H2,1-2H3. The first kappa shape index (κ1) is 17.8. The van der Waals surface area contributed by atoms with Crippen LogP contribution in [0.3, 0.4) is 0 Å². The molecule has 0 heterocycles. The van der Waals surface area contributed by atoms with Gasteiger partial charge in [0, 0.05) is 13.2 Å². The molecule has 0 N–H and O–H groups in total. The summed E-state index contributed by atoms with van der Waals surface area (Å²) in [6, 6.07) is 8.12. The fourth-order valence-electron chi connectivity index (χ4n) is 2.15. The zero-order chi connectivity index (χ0) is 15.2. The minimum absolute atomic E-state index is 0.876. The van der Waals surface area contributed by atoms with Gasteiger partial charge < -0.3 is 9.47 Å². The lowest BCUT2D eigenvalue weighted by molar-refractivity contribution is 0.128. The monoisotopic (exact) mass is 290 g/mol. The molecule has 2 nitrogen and oxygen atoms in total. The highest BCUT2D eigenvalue weighted by Gasteiger charge is 1.92. The van der Waals surface area contributed by atoms with E-state index in [1.807, 2.05) is 12.1 Å². The van der Waals surface area contributed by atoms with Crippen molar-refractivity contribution in [2.75, 3.05) is 20.3 Å². The number of ether oxygens (including phenoxy) is 2. The van der Waals surface area contributed by atoms with Crippen molar-refractivity contribution in [2.24, 2.45) is 0 Å². The van der Waals surface area contributed by atoms with Crippen LogP contribution in [0.5, 0.6) is 5.75 Å². The average molecular weight is 290 g/mol. The first-order valence-corrected chi connectivity index (χ1v) is 8.25. The summed E-state index contributed by atoms with van der Waals surface area (Å²) >= 11 is 0. The largest absolute Gasteiger partial charge is 0.497 e. The minimum atomic E-state index is 0.876. The van der Waals surface area contributed by atoms with Crippen molar-refractivity contribution in [3.8, 4) is 5.75 Å². The lowest BCUT2D eigenvalue weighted by atomic mass is 10.2. The van der Waals surface area contributed by atoms with Gasteiger partial charge in [-0.25, -0.2) is 0 Å². The summed E-state index contributed by atoms with van der Waals surface area (Å²) < 4.78 is 10.8. The summed E-state index contributed by atoms with van der Waals surface area (Å²) in [6.07, 6.45) is 13.1. The molecule has 0 fully saturated rings. The van der Waals surface area contributed by atoms with Gasteiger partial charge in [-0.1, -0.05) is 56.9 Å². The normalized spacial score (nSPS) is 11.1. The van der Waals surface area contributed by atoms with Crippen molar-refractivity contribution in [3.05, 3.63) is 35.9 Å². The van der Waals surface area contributed by atoms with Crippen LogP contribution in [0.15, 0.2) is 30.3 Å². The zero-order valence-corrected chi connectivity index (χ0v) is 13.6. The second-order valence-corrected chi connectivity index (χ2v) is 5.34.